The number of aromatic amines is 1. The van der Waals surface area contributed by atoms with Crippen molar-refractivity contribution in [1.82, 2.24) is 24.9 Å². The lowest BCUT2D eigenvalue weighted by Crippen LogP contribution is -2.22. The Balaban J connectivity index is 1.82. The van der Waals surface area contributed by atoms with Crippen molar-refractivity contribution in [2.24, 2.45) is 0 Å². The Bertz CT molecular complexity index is 711. The number of anilines is 1. The van der Waals surface area contributed by atoms with Gasteiger partial charge in [0.2, 0.25) is 5.28 Å². The number of halogens is 1. The molecule has 0 amide bonds. The van der Waals surface area contributed by atoms with Crippen LogP contribution < -0.4 is 4.90 Å². The van der Waals surface area contributed by atoms with Gasteiger partial charge < -0.3 is 9.88 Å². The predicted molar refractivity (Wildman–Crippen MR) is 77.9 cm³/mol. The van der Waals surface area contributed by atoms with E-state index in [-0.39, 0.29) is 5.28 Å². The molecule has 0 aliphatic rings. The van der Waals surface area contributed by atoms with Gasteiger partial charge in [0, 0.05) is 31.9 Å². The Labute approximate surface area is 120 Å². The van der Waals surface area contributed by atoms with E-state index in [1.165, 1.54) is 0 Å². The number of hydrogen-bond donors (Lipinski definition) is 1. The maximum atomic E-state index is 5.93. The number of hydrogen-bond acceptors (Lipinski definition) is 5. The van der Waals surface area contributed by atoms with Crippen molar-refractivity contribution >= 4 is 28.6 Å². The smallest absolute Gasteiger partial charge is 0.226 e. The number of fused-ring (bicyclic) bond motifs is 1. The summed E-state index contributed by atoms with van der Waals surface area (Å²) in [6.45, 7) is 0.776. The summed E-state index contributed by atoms with van der Waals surface area (Å²) in [6, 6.07) is 5.90. The van der Waals surface area contributed by atoms with Gasteiger partial charge in [-0.15, -0.1) is 0 Å². The van der Waals surface area contributed by atoms with Crippen LogP contribution in [0.25, 0.3) is 11.2 Å². The third-order valence-electron chi connectivity index (χ3n) is 3.03. The van der Waals surface area contributed by atoms with E-state index >= 15 is 0 Å². The highest BCUT2D eigenvalue weighted by atomic mass is 35.5. The minimum absolute atomic E-state index is 0.198. The topological polar surface area (TPSA) is 70.6 Å². The predicted octanol–water partition coefficient (Wildman–Crippen LogP) is 2.08. The Morgan fingerprint density at radius 2 is 2.15 bits per heavy atom. The summed E-state index contributed by atoms with van der Waals surface area (Å²) in [5, 5.41) is 0.198. The van der Waals surface area contributed by atoms with E-state index in [1.807, 2.05) is 30.1 Å². The summed E-state index contributed by atoms with van der Waals surface area (Å²) in [5.74, 6) is 0.744. The minimum atomic E-state index is 0.198. The van der Waals surface area contributed by atoms with Crippen molar-refractivity contribution < 1.29 is 0 Å². The van der Waals surface area contributed by atoms with Crippen LogP contribution in [0.1, 0.15) is 5.69 Å². The number of pyridine rings is 1. The molecule has 0 saturated carbocycles. The number of nitrogens with zero attached hydrogens (tertiary/aromatic N) is 5. The van der Waals surface area contributed by atoms with Gasteiger partial charge in [-0.2, -0.15) is 9.97 Å². The zero-order chi connectivity index (χ0) is 13.9. The van der Waals surface area contributed by atoms with Gasteiger partial charge in [-0.05, 0) is 23.7 Å². The van der Waals surface area contributed by atoms with Crippen molar-refractivity contribution in [3.8, 4) is 0 Å². The summed E-state index contributed by atoms with van der Waals surface area (Å²) in [7, 11) is 1.96. The van der Waals surface area contributed by atoms with Crippen molar-refractivity contribution in [3.63, 3.8) is 0 Å². The van der Waals surface area contributed by atoms with E-state index in [4.69, 9.17) is 11.6 Å². The maximum Gasteiger partial charge on any atom is 0.226 e. The highest BCUT2D eigenvalue weighted by molar-refractivity contribution is 6.28. The zero-order valence-corrected chi connectivity index (χ0v) is 11.7. The molecule has 3 aromatic heterocycles. The second-order valence-corrected chi connectivity index (χ2v) is 4.75. The molecule has 0 radical (unpaired) electrons. The molecule has 0 spiro atoms. The van der Waals surface area contributed by atoms with Crippen LogP contribution in [0.15, 0.2) is 30.7 Å². The lowest BCUT2D eigenvalue weighted by Gasteiger charge is -2.18. The Kier molecular flexibility index (Phi) is 3.47. The maximum absolute atomic E-state index is 5.93. The van der Waals surface area contributed by atoms with E-state index in [0.717, 1.165) is 30.0 Å². The van der Waals surface area contributed by atoms with Crippen LogP contribution in [-0.2, 0) is 6.42 Å². The Morgan fingerprint density at radius 1 is 1.25 bits per heavy atom. The molecule has 0 aliphatic carbocycles. The van der Waals surface area contributed by atoms with Crippen LogP contribution in [0.2, 0.25) is 5.28 Å². The van der Waals surface area contributed by atoms with Crippen LogP contribution in [0, 0.1) is 0 Å². The lowest BCUT2D eigenvalue weighted by atomic mass is 10.2. The molecule has 6 nitrogen and oxygen atoms in total. The summed E-state index contributed by atoms with van der Waals surface area (Å²) >= 11 is 5.93. The first-order valence-corrected chi connectivity index (χ1v) is 6.59. The van der Waals surface area contributed by atoms with Crippen LogP contribution in [0.5, 0.6) is 0 Å². The van der Waals surface area contributed by atoms with Crippen molar-refractivity contribution in [2.45, 2.75) is 6.42 Å². The summed E-state index contributed by atoms with van der Waals surface area (Å²) in [5.41, 5.74) is 2.41. The average Bonchev–Trinajstić information content (AvgIpc) is 2.93. The quantitative estimate of drug-likeness (QED) is 0.744. The molecule has 0 unspecified atom stereocenters. The SMILES string of the molecule is CN(CCc1ccccn1)c1nc(Cl)nc2nc[nH]c12. The molecule has 3 aromatic rings. The van der Waals surface area contributed by atoms with Gasteiger partial charge in [-0.1, -0.05) is 6.07 Å². The molecule has 7 heteroatoms. The van der Waals surface area contributed by atoms with Gasteiger partial charge in [0.25, 0.3) is 0 Å². The van der Waals surface area contributed by atoms with E-state index in [9.17, 15) is 0 Å². The molecule has 0 saturated heterocycles. The Morgan fingerprint density at radius 3 is 2.95 bits per heavy atom. The largest absolute Gasteiger partial charge is 0.357 e. The minimum Gasteiger partial charge on any atom is -0.357 e. The zero-order valence-electron chi connectivity index (χ0n) is 10.9. The molecule has 20 heavy (non-hydrogen) atoms. The number of H-pyrrole nitrogens is 1. The fourth-order valence-corrected chi connectivity index (χ4v) is 2.16. The highest BCUT2D eigenvalue weighted by Crippen LogP contribution is 2.21. The second-order valence-electron chi connectivity index (χ2n) is 4.41. The molecular formula is C13H13ClN6. The van der Waals surface area contributed by atoms with Crippen molar-refractivity contribution in [2.75, 3.05) is 18.5 Å². The third-order valence-corrected chi connectivity index (χ3v) is 3.20. The molecule has 102 valence electrons. The first kappa shape index (κ1) is 12.8. The molecule has 0 fully saturated rings. The van der Waals surface area contributed by atoms with Gasteiger partial charge in [-0.3, -0.25) is 4.98 Å². The number of likely N-dealkylation sites (N-methyl/N-ethyl adjacent to an activating group) is 1. The van der Waals surface area contributed by atoms with Gasteiger partial charge in [0.05, 0.1) is 6.33 Å². The number of nitrogens with one attached hydrogen (secondary N) is 1. The second kappa shape index (κ2) is 5.42. The molecule has 0 bridgehead atoms. The third kappa shape index (κ3) is 2.55. The highest BCUT2D eigenvalue weighted by Gasteiger charge is 2.12. The summed E-state index contributed by atoms with van der Waals surface area (Å²) < 4.78 is 0. The van der Waals surface area contributed by atoms with E-state index in [2.05, 4.69) is 24.9 Å². The van der Waals surface area contributed by atoms with Crippen molar-refractivity contribution in [3.05, 3.63) is 41.7 Å². The normalized spacial score (nSPS) is 10.9. The molecule has 3 heterocycles. The standard InChI is InChI=1S/C13H13ClN6/c1-20(7-5-9-4-2-3-6-15-9)12-10-11(17-8-16-10)18-13(14)19-12/h2-4,6,8H,5,7H2,1H3,(H,16,17,18,19). The summed E-state index contributed by atoms with van der Waals surface area (Å²) in [6.07, 6.45) is 4.21. The average molecular weight is 289 g/mol. The fourth-order valence-electron chi connectivity index (χ4n) is 2.00. The summed E-state index contributed by atoms with van der Waals surface area (Å²) in [4.78, 5) is 21.8. The van der Waals surface area contributed by atoms with Gasteiger partial charge in [0.15, 0.2) is 11.5 Å². The number of imidazole rings is 1. The molecule has 0 atom stereocenters. The lowest BCUT2D eigenvalue weighted by molar-refractivity contribution is 0.840. The molecule has 3 rings (SSSR count). The molecular weight excluding hydrogens is 276 g/mol. The molecule has 0 aliphatic heterocycles. The van der Waals surface area contributed by atoms with Crippen LogP contribution in [-0.4, -0.2) is 38.5 Å². The molecule has 0 aromatic carbocycles. The van der Waals surface area contributed by atoms with E-state index < -0.39 is 0 Å². The van der Waals surface area contributed by atoms with Crippen molar-refractivity contribution in [1.29, 1.82) is 0 Å². The van der Waals surface area contributed by atoms with Gasteiger partial charge >= 0.3 is 0 Å². The monoisotopic (exact) mass is 288 g/mol. The van der Waals surface area contributed by atoms with Crippen LogP contribution >= 0.6 is 11.6 Å². The van der Waals surface area contributed by atoms with E-state index in [0.29, 0.717) is 5.65 Å². The first-order valence-electron chi connectivity index (χ1n) is 6.21. The van der Waals surface area contributed by atoms with Crippen LogP contribution in [0.4, 0.5) is 5.82 Å². The van der Waals surface area contributed by atoms with E-state index in [1.54, 1.807) is 12.5 Å². The molecule has 1 N–H and O–H groups in total. The van der Waals surface area contributed by atoms with Crippen LogP contribution in [0.3, 0.4) is 0 Å². The first-order chi connectivity index (χ1) is 9.74. The van der Waals surface area contributed by atoms with Gasteiger partial charge in [0.1, 0.15) is 5.52 Å². The Hall–Kier alpha value is -2.21. The van der Waals surface area contributed by atoms with Gasteiger partial charge in [-0.25, -0.2) is 4.98 Å². The fraction of sp³-hybridized carbons (Fsp3) is 0.231. The number of aromatic nitrogens is 5. The number of rotatable bonds is 4.